The average molecular weight is 346 g/mol. The van der Waals surface area contributed by atoms with Crippen LogP contribution in [-0.4, -0.2) is 21.3 Å². The highest BCUT2D eigenvalue weighted by atomic mass is 16.7. The van der Waals surface area contributed by atoms with Gasteiger partial charge in [-0.15, -0.1) is 0 Å². The summed E-state index contributed by atoms with van der Waals surface area (Å²) in [5, 5.41) is 11.3. The summed E-state index contributed by atoms with van der Waals surface area (Å²) in [7, 11) is 0. The van der Waals surface area contributed by atoms with Crippen LogP contribution in [0, 0.1) is 12.1 Å². The first-order chi connectivity index (χ1) is 12.7. The maximum absolute atomic E-state index is 11.3. The quantitative estimate of drug-likeness (QED) is 0.412. The van der Waals surface area contributed by atoms with Crippen LogP contribution in [0.2, 0.25) is 0 Å². The number of rotatable bonds is 2. The molecule has 0 saturated carbocycles. The lowest BCUT2D eigenvalue weighted by Crippen LogP contribution is -2.23. The summed E-state index contributed by atoms with van der Waals surface area (Å²) in [6.45, 7) is 2.17. The topological polar surface area (TPSA) is 76.1 Å². The van der Waals surface area contributed by atoms with Gasteiger partial charge in [-0.1, -0.05) is 0 Å². The van der Waals surface area contributed by atoms with Crippen molar-refractivity contribution in [2.24, 2.45) is 0 Å². The van der Waals surface area contributed by atoms with Crippen molar-refractivity contribution in [3.8, 4) is 28.4 Å². The van der Waals surface area contributed by atoms with Crippen molar-refractivity contribution >= 4 is 11.2 Å². The largest absolute Gasteiger partial charge is 0.619 e. The van der Waals surface area contributed by atoms with Gasteiger partial charge in [0, 0.05) is 23.8 Å². The number of hydrogen-bond donors (Lipinski definition) is 0. The van der Waals surface area contributed by atoms with Crippen molar-refractivity contribution in [1.82, 2.24) is 14.5 Å². The number of fused-ring (bicyclic) bond motifs is 2. The monoisotopic (exact) mass is 346 g/mol. The minimum Gasteiger partial charge on any atom is -0.619 e. The van der Waals surface area contributed by atoms with Crippen molar-refractivity contribution < 1.29 is 14.2 Å². The predicted octanol–water partition coefficient (Wildman–Crippen LogP) is 2.76. The number of imidazole rings is 1. The van der Waals surface area contributed by atoms with E-state index in [0.717, 1.165) is 44.4 Å². The number of pyridine rings is 2. The Balaban J connectivity index is 1.68. The Morgan fingerprint density at radius 3 is 2.65 bits per heavy atom. The van der Waals surface area contributed by atoms with Crippen LogP contribution in [0.5, 0.6) is 11.5 Å². The molecule has 0 saturated heterocycles. The molecule has 1 aliphatic heterocycles. The Labute approximate surface area is 148 Å². The second-order valence-corrected chi connectivity index (χ2v) is 6.02. The van der Waals surface area contributed by atoms with Crippen LogP contribution in [0.15, 0.2) is 54.9 Å². The Hall–Kier alpha value is -3.61. The lowest BCUT2D eigenvalue weighted by molar-refractivity contribution is -0.605. The molecule has 4 heterocycles. The van der Waals surface area contributed by atoms with Gasteiger partial charge in [-0.3, -0.25) is 4.57 Å². The molecule has 0 unspecified atom stereocenters. The first-order valence-corrected chi connectivity index (χ1v) is 8.14. The fourth-order valence-electron chi connectivity index (χ4n) is 3.15. The van der Waals surface area contributed by atoms with E-state index in [4.69, 9.17) is 14.5 Å². The van der Waals surface area contributed by atoms with E-state index in [0.29, 0.717) is 5.75 Å². The average Bonchev–Trinajstić information content (AvgIpc) is 3.24. The Kier molecular flexibility index (Phi) is 3.08. The van der Waals surface area contributed by atoms with E-state index >= 15 is 0 Å². The van der Waals surface area contributed by atoms with Crippen LogP contribution in [0.3, 0.4) is 0 Å². The van der Waals surface area contributed by atoms with Crippen LogP contribution < -0.4 is 14.2 Å². The third-order valence-corrected chi connectivity index (χ3v) is 4.38. The van der Waals surface area contributed by atoms with Crippen LogP contribution in [0.25, 0.3) is 28.1 Å². The molecule has 0 amide bonds. The van der Waals surface area contributed by atoms with Gasteiger partial charge in [0.15, 0.2) is 29.5 Å². The molecule has 1 aliphatic rings. The lowest BCUT2D eigenvalue weighted by atomic mass is 10.2. The van der Waals surface area contributed by atoms with Crippen molar-refractivity contribution in [3.63, 3.8) is 0 Å². The molecule has 0 radical (unpaired) electrons. The standard InChI is InChI=1S/C19H14N4O3/c1-12-20-16-4-3-15(13-6-8-22(24)9-7-13)21-19(16)23(12)14-2-5-17-18(10-14)26-11-25-17/h2-10H,11H2,1H3. The summed E-state index contributed by atoms with van der Waals surface area (Å²) in [5.41, 5.74) is 4.11. The van der Waals surface area contributed by atoms with E-state index < -0.39 is 0 Å². The van der Waals surface area contributed by atoms with Gasteiger partial charge in [-0.25, -0.2) is 9.97 Å². The molecule has 7 heteroatoms. The van der Waals surface area contributed by atoms with E-state index in [1.807, 2.05) is 41.8 Å². The molecular formula is C19H14N4O3. The van der Waals surface area contributed by atoms with Crippen LogP contribution in [-0.2, 0) is 0 Å². The van der Waals surface area contributed by atoms with Crippen molar-refractivity contribution in [2.45, 2.75) is 6.92 Å². The molecule has 0 bridgehead atoms. The summed E-state index contributed by atoms with van der Waals surface area (Å²) in [4.78, 5) is 9.39. The van der Waals surface area contributed by atoms with E-state index in [2.05, 4.69) is 4.98 Å². The van der Waals surface area contributed by atoms with Gasteiger partial charge in [-0.2, -0.15) is 4.73 Å². The van der Waals surface area contributed by atoms with Crippen LogP contribution >= 0.6 is 0 Å². The molecule has 26 heavy (non-hydrogen) atoms. The van der Waals surface area contributed by atoms with Gasteiger partial charge < -0.3 is 14.7 Å². The zero-order valence-corrected chi connectivity index (χ0v) is 13.9. The van der Waals surface area contributed by atoms with Crippen molar-refractivity contribution in [1.29, 1.82) is 0 Å². The molecule has 4 aromatic rings. The lowest BCUT2D eigenvalue weighted by Gasteiger charge is -2.08. The Morgan fingerprint density at radius 1 is 1.00 bits per heavy atom. The normalized spacial score (nSPS) is 12.7. The first-order valence-electron chi connectivity index (χ1n) is 8.14. The van der Waals surface area contributed by atoms with Gasteiger partial charge in [0.1, 0.15) is 11.3 Å². The zero-order valence-electron chi connectivity index (χ0n) is 13.9. The first kappa shape index (κ1) is 14.7. The SMILES string of the molecule is Cc1nc2ccc(-c3cc[n+]([O-])cc3)nc2n1-c1ccc2c(c1)OCO2. The second kappa shape index (κ2) is 5.45. The second-order valence-electron chi connectivity index (χ2n) is 6.02. The van der Waals surface area contributed by atoms with E-state index in [1.165, 1.54) is 12.4 Å². The van der Waals surface area contributed by atoms with Gasteiger partial charge in [0.05, 0.1) is 11.4 Å². The summed E-state index contributed by atoms with van der Waals surface area (Å²) in [5.74, 6) is 2.27. The number of aryl methyl sites for hydroxylation is 1. The Morgan fingerprint density at radius 2 is 1.81 bits per heavy atom. The molecule has 7 nitrogen and oxygen atoms in total. The molecule has 0 N–H and O–H groups in total. The van der Waals surface area contributed by atoms with Crippen molar-refractivity contribution in [3.05, 3.63) is 65.9 Å². The maximum atomic E-state index is 11.3. The van der Waals surface area contributed by atoms with E-state index in [9.17, 15) is 5.21 Å². The number of nitrogens with zero attached hydrogens (tertiary/aromatic N) is 4. The highest BCUT2D eigenvalue weighted by Crippen LogP contribution is 2.35. The molecule has 3 aromatic heterocycles. The zero-order chi connectivity index (χ0) is 17.7. The molecule has 0 spiro atoms. The molecule has 0 aliphatic carbocycles. The minimum absolute atomic E-state index is 0.235. The van der Waals surface area contributed by atoms with Gasteiger partial charge in [0.2, 0.25) is 6.79 Å². The number of ether oxygens (including phenoxy) is 2. The molecule has 128 valence electrons. The summed E-state index contributed by atoms with van der Waals surface area (Å²) in [6.07, 6.45) is 2.92. The van der Waals surface area contributed by atoms with E-state index in [-0.39, 0.29) is 6.79 Å². The fraction of sp³-hybridized carbons (Fsp3) is 0.105. The highest BCUT2D eigenvalue weighted by molar-refractivity contribution is 5.78. The molecule has 0 atom stereocenters. The number of benzene rings is 1. The molecule has 0 fully saturated rings. The third-order valence-electron chi connectivity index (χ3n) is 4.38. The van der Waals surface area contributed by atoms with Gasteiger partial charge in [0.25, 0.3) is 0 Å². The van der Waals surface area contributed by atoms with Crippen molar-refractivity contribution in [2.75, 3.05) is 6.79 Å². The number of hydrogen-bond acceptors (Lipinski definition) is 5. The molecule has 5 rings (SSSR count). The fourth-order valence-corrected chi connectivity index (χ4v) is 3.15. The Bertz CT molecular complexity index is 1140. The van der Waals surface area contributed by atoms with Gasteiger partial charge >= 0.3 is 0 Å². The smallest absolute Gasteiger partial charge is 0.231 e. The van der Waals surface area contributed by atoms with Crippen LogP contribution in [0.4, 0.5) is 0 Å². The maximum Gasteiger partial charge on any atom is 0.231 e. The highest BCUT2D eigenvalue weighted by Gasteiger charge is 2.17. The predicted molar refractivity (Wildman–Crippen MR) is 94.1 cm³/mol. The summed E-state index contributed by atoms with van der Waals surface area (Å²) < 4.78 is 13.6. The van der Waals surface area contributed by atoms with E-state index in [1.54, 1.807) is 12.1 Å². The minimum atomic E-state index is 0.235. The molecular weight excluding hydrogens is 332 g/mol. The van der Waals surface area contributed by atoms with Gasteiger partial charge in [-0.05, 0) is 31.2 Å². The van der Waals surface area contributed by atoms with Crippen LogP contribution in [0.1, 0.15) is 5.82 Å². The third kappa shape index (κ3) is 2.25. The summed E-state index contributed by atoms with van der Waals surface area (Å²) >= 11 is 0. The number of aromatic nitrogens is 4. The molecule has 1 aromatic carbocycles. The summed E-state index contributed by atoms with van der Waals surface area (Å²) in [6, 6.07) is 13.1.